The lowest BCUT2D eigenvalue weighted by Gasteiger charge is -2.11. The maximum Gasteiger partial charge on any atom is 0.0329 e. The molecular formula is C10H11N. The summed E-state index contributed by atoms with van der Waals surface area (Å²) < 4.78 is 0. The summed E-state index contributed by atoms with van der Waals surface area (Å²) in [7, 11) is 0. The molecule has 11 heavy (non-hydrogen) atoms. The van der Waals surface area contributed by atoms with Crippen molar-refractivity contribution in [1.29, 1.82) is 0 Å². The van der Waals surface area contributed by atoms with Gasteiger partial charge in [-0.15, -0.1) is 0 Å². The smallest absolute Gasteiger partial charge is 0.0329 e. The fraction of sp³-hybridized carbons (Fsp3) is 0.400. The van der Waals surface area contributed by atoms with Crippen LogP contribution in [0, 0.1) is 0 Å². The molecule has 0 aliphatic carbocycles. The fourth-order valence-corrected chi connectivity index (χ4v) is 2.38. The third kappa shape index (κ3) is 0.641. The topological polar surface area (TPSA) is 12.0 Å². The monoisotopic (exact) mass is 145 g/mol. The third-order valence-corrected chi connectivity index (χ3v) is 2.89. The highest BCUT2D eigenvalue weighted by atomic mass is 15.0. The first kappa shape index (κ1) is 5.78. The molecule has 0 radical (unpaired) electrons. The molecule has 2 bridgehead atoms. The molecule has 1 aromatic carbocycles. The maximum atomic E-state index is 3.59. The molecule has 2 aliphatic heterocycles. The summed E-state index contributed by atoms with van der Waals surface area (Å²) in [5, 5.41) is 3.59. The van der Waals surface area contributed by atoms with Crippen LogP contribution in [0.1, 0.15) is 36.1 Å². The lowest BCUT2D eigenvalue weighted by atomic mass is 9.92. The largest absolute Gasteiger partial charge is 0.303 e. The average Bonchev–Trinajstić information content (AvgIpc) is 2.64. The van der Waals surface area contributed by atoms with Gasteiger partial charge in [0.05, 0.1) is 0 Å². The zero-order valence-corrected chi connectivity index (χ0v) is 6.38. The predicted molar refractivity (Wildman–Crippen MR) is 44.3 cm³/mol. The highest BCUT2D eigenvalue weighted by molar-refractivity contribution is 5.39. The quantitative estimate of drug-likeness (QED) is 0.590. The number of hydrogen-bond acceptors (Lipinski definition) is 1. The molecule has 1 saturated heterocycles. The van der Waals surface area contributed by atoms with Crippen LogP contribution in [0.3, 0.4) is 0 Å². The predicted octanol–water partition coefficient (Wildman–Crippen LogP) is 2.17. The average molecular weight is 145 g/mol. The Morgan fingerprint density at radius 3 is 2.09 bits per heavy atom. The van der Waals surface area contributed by atoms with Crippen molar-refractivity contribution in [1.82, 2.24) is 5.32 Å². The van der Waals surface area contributed by atoms with Gasteiger partial charge >= 0.3 is 0 Å². The molecular weight excluding hydrogens is 134 g/mol. The first-order valence-electron chi connectivity index (χ1n) is 4.30. The lowest BCUT2D eigenvalue weighted by molar-refractivity contribution is 0.639. The summed E-state index contributed by atoms with van der Waals surface area (Å²) in [6.45, 7) is 0. The zero-order valence-electron chi connectivity index (χ0n) is 6.38. The maximum absolute atomic E-state index is 3.59. The minimum atomic E-state index is 0.677. The van der Waals surface area contributed by atoms with Crippen molar-refractivity contribution in [2.75, 3.05) is 0 Å². The molecule has 1 heteroatoms. The van der Waals surface area contributed by atoms with Crippen LogP contribution in [0.25, 0.3) is 0 Å². The van der Waals surface area contributed by atoms with Gasteiger partial charge in [-0.2, -0.15) is 0 Å². The van der Waals surface area contributed by atoms with Crippen LogP contribution in [0.5, 0.6) is 0 Å². The summed E-state index contributed by atoms with van der Waals surface area (Å²) in [6, 6.07) is 10.1. The van der Waals surface area contributed by atoms with E-state index in [9.17, 15) is 0 Å². The van der Waals surface area contributed by atoms with Crippen molar-refractivity contribution >= 4 is 0 Å². The van der Waals surface area contributed by atoms with Crippen molar-refractivity contribution in [3.8, 4) is 0 Å². The Labute approximate surface area is 66.4 Å². The Hall–Kier alpha value is -0.820. The molecule has 0 aromatic heterocycles. The van der Waals surface area contributed by atoms with E-state index in [1.165, 1.54) is 12.8 Å². The van der Waals surface area contributed by atoms with Crippen molar-refractivity contribution in [2.24, 2.45) is 0 Å². The Balaban J connectivity index is 2.23. The molecule has 0 spiro atoms. The number of rotatable bonds is 0. The highest BCUT2D eigenvalue weighted by Crippen LogP contribution is 2.44. The van der Waals surface area contributed by atoms with E-state index >= 15 is 0 Å². The van der Waals surface area contributed by atoms with Crippen molar-refractivity contribution in [3.63, 3.8) is 0 Å². The van der Waals surface area contributed by atoms with Crippen molar-refractivity contribution in [2.45, 2.75) is 24.9 Å². The Bertz CT molecular complexity index is 264. The second-order valence-corrected chi connectivity index (χ2v) is 3.48. The number of benzene rings is 1. The van der Waals surface area contributed by atoms with Crippen molar-refractivity contribution in [3.05, 3.63) is 35.4 Å². The Kier molecular flexibility index (Phi) is 0.977. The van der Waals surface area contributed by atoms with Gasteiger partial charge in [-0.3, -0.25) is 0 Å². The molecule has 2 aliphatic rings. The first-order chi connectivity index (χ1) is 5.45. The van der Waals surface area contributed by atoms with Crippen LogP contribution in [-0.2, 0) is 0 Å². The molecule has 0 amide bonds. The van der Waals surface area contributed by atoms with Gasteiger partial charge in [0.25, 0.3) is 0 Å². The number of hydrogen-bond donors (Lipinski definition) is 1. The normalized spacial score (nSPS) is 32.4. The van der Waals surface area contributed by atoms with E-state index in [0.29, 0.717) is 12.1 Å². The van der Waals surface area contributed by atoms with E-state index in [0.717, 1.165) is 0 Å². The molecule has 3 rings (SSSR count). The van der Waals surface area contributed by atoms with Crippen LogP contribution < -0.4 is 5.32 Å². The molecule has 0 saturated carbocycles. The second-order valence-electron chi connectivity index (χ2n) is 3.48. The van der Waals surface area contributed by atoms with Gasteiger partial charge in [0, 0.05) is 12.1 Å². The summed E-state index contributed by atoms with van der Waals surface area (Å²) in [5.74, 6) is 0. The van der Waals surface area contributed by atoms with Crippen LogP contribution in [-0.4, -0.2) is 0 Å². The van der Waals surface area contributed by atoms with Gasteiger partial charge in [-0.05, 0) is 24.0 Å². The van der Waals surface area contributed by atoms with Gasteiger partial charge in [0.15, 0.2) is 0 Å². The number of nitrogens with one attached hydrogen (secondary N) is 1. The minimum Gasteiger partial charge on any atom is -0.303 e. The number of fused-ring (bicyclic) bond motifs is 5. The molecule has 1 aromatic rings. The van der Waals surface area contributed by atoms with E-state index in [4.69, 9.17) is 0 Å². The minimum absolute atomic E-state index is 0.677. The highest BCUT2D eigenvalue weighted by Gasteiger charge is 2.35. The molecule has 1 fully saturated rings. The molecule has 56 valence electrons. The van der Waals surface area contributed by atoms with E-state index < -0.39 is 0 Å². The zero-order chi connectivity index (χ0) is 7.26. The van der Waals surface area contributed by atoms with Gasteiger partial charge in [0.1, 0.15) is 0 Å². The Morgan fingerprint density at radius 2 is 1.55 bits per heavy atom. The third-order valence-electron chi connectivity index (χ3n) is 2.89. The fourth-order valence-electron chi connectivity index (χ4n) is 2.38. The Morgan fingerprint density at radius 1 is 1.00 bits per heavy atom. The van der Waals surface area contributed by atoms with E-state index in [1.807, 2.05) is 0 Å². The standard InChI is InChI=1S/C10H11N/c1-2-4-8-7(3-1)9-5-6-10(8)11-9/h1-4,9-11H,5-6H2/t9-,10-/m1/s1. The summed E-state index contributed by atoms with van der Waals surface area (Å²) in [5.41, 5.74) is 3.09. The van der Waals surface area contributed by atoms with E-state index in [2.05, 4.69) is 29.6 Å². The molecule has 1 nitrogen and oxygen atoms in total. The van der Waals surface area contributed by atoms with Crippen LogP contribution in [0.4, 0.5) is 0 Å². The second kappa shape index (κ2) is 1.86. The van der Waals surface area contributed by atoms with Crippen LogP contribution in [0.15, 0.2) is 24.3 Å². The SMILES string of the molecule is c1ccc2c(c1)[C@H]1CC[C@H]2N1. The van der Waals surface area contributed by atoms with E-state index in [-0.39, 0.29) is 0 Å². The summed E-state index contributed by atoms with van der Waals surface area (Å²) in [4.78, 5) is 0. The summed E-state index contributed by atoms with van der Waals surface area (Å²) >= 11 is 0. The van der Waals surface area contributed by atoms with E-state index in [1.54, 1.807) is 11.1 Å². The molecule has 2 atom stereocenters. The lowest BCUT2D eigenvalue weighted by Crippen LogP contribution is -2.05. The first-order valence-corrected chi connectivity index (χ1v) is 4.30. The van der Waals surface area contributed by atoms with Crippen molar-refractivity contribution < 1.29 is 0 Å². The van der Waals surface area contributed by atoms with Gasteiger partial charge in [-0.25, -0.2) is 0 Å². The van der Waals surface area contributed by atoms with Crippen LogP contribution >= 0.6 is 0 Å². The van der Waals surface area contributed by atoms with Crippen LogP contribution in [0.2, 0.25) is 0 Å². The van der Waals surface area contributed by atoms with Gasteiger partial charge in [-0.1, -0.05) is 24.3 Å². The molecule has 0 unspecified atom stereocenters. The van der Waals surface area contributed by atoms with Gasteiger partial charge in [0.2, 0.25) is 0 Å². The van der Waals surface area contributed by atoms with Gasteiger partial charge < -0.3 is 5.32 Å². The molecule has 2 heterocycles. The molecule has 1 N–H and O–H groups in total. The summed E-state index contributed by atoms with van der Waals surface area (Å²) in [6.07, 6.45) is 2.67.